The molecule has 3 nitrogen and oxygen atoms in total. The Labute approximate surface area is 116 Å². The van der Waals surface area contributed by atoms with Gasteiger partial charge in [0.2, 0.25) is 0 Å². The molecule has 0 aliphatic carbocycles. The van der Waals surface area contributed by atoms with Gasteiger partial charge in [-0.2, -0.15) is 0 Å². The molecule has 0 aliphatic heterocycles. The van der Waals surface area contributed by atoms with Crippen LogP contribution in [0.5, 0.6) is 0 Å². The number of aryl methyl sites for hydroxylation is 1. The zero-order chi connectivity index (χ0) is 13.2. The van der Waals surface area contributed by atoms with E-state index in [9.17, 15) is 14.0 Å². The smallest absolute Gasteiger partial charge is 0.379 e. The van der Waals surface area contributed by atoms with Crippen LogP contribution in [0, 0.1) is 16.3 Å². The van der Waals surface area contributed by atoms with Crippen LogP contribution in [-0.4, -0.2) is 18.4 Å². The van der Waals surface area contributed by atoms with Gasteiger partial charge in [0.1, 0.15) is 5.82 Å². The van der Waals surface area contributed by atoms with Crippen LogP contribution < -0.4 is 0 Å². The molecule has 17 heavy (non-hydrogen) atoms. The summed E-state index contributed by atoms with van der Waals surface area (Å²) in [5.41, 5.74) is 0.111. The minimum atomic E-state index is -1.10. The molecule has 6 heteroatoms. The first-order chi connectivity index (χ1) is 7.90. The van der Waals surface area contributed by atoms with Crippen molar-refractivity contribution in [1.29, 1.82) is 0 Å². The minimum Gasteiger partial charge on any atom is -0.460 e. The Morgan fingerprint density at radius 3 is 2.65 bits per heavy atom. The van der Waals surface area contributed by atoms with Crippen LogP contribution in [0.1, 0.15) is 22.8 Å². The molecule has 0 atom stereocenters. The van der Waals surface area contributed by atoms with E-state index in [1.807, 2.05) is 0 Å². The number of hydrogen-bond acceptors (Lipinski definition) is 3. The molecule has 0 aliphatic rings. The molecule has 92 valence electrons. The zero-order valence-corrected chi connectivity index (χ0v) is 12.1. The number of rotatable bonds is 3. The molecule has 0 saturated heterocycles. The molecule has 1 rings (SSSR count). The summed E-state index contributed by atoms with van der Waals surface area (Å²) in [7, 11) is 0. The third-order valence-corrected chi connectivity index (χ3v) is 3.30. The Bertz CT molecular complexity index is 462. The molecule has 1 aromatic carbocycles. The van der Waals surface area contributed by atoms with Crippen LogP contribution in [-0.2, 0) is 9.53 Å². The third kappa shape index (κ3) is 2.95. The van der Waals surface area contributed by atoms with Crippen LogP contribution >= 0.6 is 34.2 Å². The normalized spacial score (nSPS) is 10.2. The molecular weight excluding hydrogens is 361 g/mol. The van der Waals surface area contributed by atoms with E-state index in [2.05, 4.69) is 4.74 Å². The summed E-state index contributed by atoms with van der Waals surface area (Å²) in [6.45, 7) is 3.24. The number of Topliss-reactive ketones (excluding diaryl/α,β-unsaturated/α-hetero) is 1. The van der Waals surface area contributed by atoms with E-state index < -0.39 is 23.1 Å². The SMILES string of the molecule is CCOC(=O)C(=O)c1c(F)c(I)cc(C)c1Cl. The van der Waals surface area contributed by atoms with Gasteiger partial charge < -0.3 is 4.74 Å². The number of ether oxygens (including phenoxy) is 1. The molecular formula is C11H9ClFIO3. The number of carbonyl (C=O) groups excluding carboxylic acids is 2. The van der Waals surface area contributed by atoms with E-state index in [-0.39, 0.29) is 15.2 Å². The molecule has 0 fully saturated rings. The van der Waals surface area contributed by atoms with Gasteiger partial charge in [-0.3, -0.25) is 4.79 Å². The number of ketones is 1. The maximum Gasteiger partial charge on any atom is 0.379 e. The van der Waals surface area contributed by atoms with Gasteiger partial charge in [0.05, 0.1) is 17.2 Å². The van der Waals surface area contributed by atoms with Crippen molar-refractivity contribution >= 4 is 45.9 Å². The molecule has 0 bridgehead atoms. The summed E-state index contributed by atoms with van der Waals surface area (Å²) in [6.07, 6.45) is 0. The van der Waals surface area contributed by atoms with Crippen molar-refractivity contribution in [2.75, 3.05) is 6.61 Å². The Kier molecular flexibility index (Phi) is 4.88. The Morgan fingerprint density at radius 2 is 2.12 bits per heavy atom. The molecule has 0 N–H and O–H groups in total. The molecule has 0 radical (unpaired) electrons. The predicted octanol–water partition coefficient (Wildman–Crippen LogP) is 3.14. The quantitative estimate of drug-likeness (QED) is 0.270. The standard InChI is InChI=1S/C11H9ClFIO3/c1-3-17-11(16)10(15)7-8(12)5(2)4-6(14)9(7)13/h4H,3H2,1-2H3. The highest BCUT2D eigenvalue weighted by atomic mass is 127. The second-order valence-electron chi connectivity index (χ2n) is 3.23. The van der Waals surface area contributed by atoms with Gasteiger partial charge in [-0.1, -0.05) is 11.6 Å². The van der Waals surface area contributed by atoms with Gasteiger partial charge in [0, 0.05) is 3.57 Å². The molecule has 0 heterocycles. The van der Waals surface area contributed by atoms with Crippen LogP contribution in [0.4, 0.5) is 4.39 Å². The monoisotopic (exact) mass is 370 g/mol. The second-order valence-corrected chi connectivity index (χ2v) is 4.77. The summed E-state index contributed by atoms with van der Waals surface area (Å²) in [5, 5.41) is -0.0547. The van der Waals surface area contributed by atoms with Crippen LogP contribution in [0.15, 0.2) is 6.07 Å². The fourth-order valence-electron chi connectivity index (χ4n) is 1.23. The summed E-state index contributed by atoms with van der Waals surface area (Å²) in [5.74, 6) is -2.95. The topological polar surface area (TPSA) is 43.4 Å². The fourth-order valence-corrected chi connectivity index (χ4v) is 2.19. The Balaban J connectivity index is 3.31. The van der Waals surface area contributed by atoms with Crippen LogP contribution in [0.3, 0.4) is 0 Å². The van der Waals surface area contributed by atoms with E-state index in [4.69, 9.17) is 11.6 Å². The highest BCUT2D eigenvalue weighted by molar-refractivity contribution is 14.1. The lowest BCUT2D eigenvalue weighted by Gasteiger charge is -2.08. The number of hydrogen-bond donors (Lipinski definition) is 0. The number of benzene rings is 1. The third-order valence-electron chi connectivity index (χ3n) is 2.03. The van der Waals surface area contributed by atoms with Crippen molar-refractivity contribution in [2.45, 2.75) is 13.8 Å². The maximum atomic E-state index is 13.8. The predicted molar refractivity (Wildman–Crippen MR) is 69.8 cm³/mol. The molecule has 0 spiro atoms. The van der Waals surface area contributed by atoms with E-state index in [0.717, 1.165) is 0 Å². The Morgan fingerprint density at radius 1 is 1.53 bits per heavy atom. The van der Waals surface area contributed by atoms with Gasteiger partial charge in [-0.05, 0) is 48.1 Å². The van der Waals surface area contributed by atoms with Gasteiger partial charge >= 0.3 is 5.97 Å². The van der Waals surface area contributed by atoms with Crippen molar-refractivity contribution < 1.29 is 18.7 Å². The van der Waals surface area contributed by atoms with Crippen LogP contribution in [0.25, 0.3) is 0 Å². The lowest BCUT2D eigenvalue weighted by molar-refractivity contribution is -0.137. The molecule has 0 aromatic heterocycles. The van der Waals surface area contributed by atoms with E-state index in [0.29, 0.717) is 5.56 Å². The number of halogens is 3. The molecule has 0 unspecified atom stereocenters. The van der Waals surface area contributed by atoms with Gasteiger partial charge in [0.15, 0.2) is 0 Å². The minimum absolute atomic E-state index is 0.0483. The van der Waals surface area contributed by atoms with Gasteiger partial charge in [0.25, 0.3) is 5.78 Å². The van der Waals surface area contributed by atoms with E-state index >= 15 is 0 Å². The van der Waals surface area contributed by atoms with Crippen molar-refractivity contribution in [3.8, 4) is 0 Å². The average molecular weight is 371 g/mol. The average Bonchev–Trinajstić information content (AvgIpc) is 2.27. The number of esters is 1. The van der Waals surface area contributed by atoms with Crippen molar-refractivity contribution in [1.82, 2.24) is 0 Å². The second kappa shape index (κ2) is 5.77. The highest BCUT2D eigenvalue weighted by Gasteiger charge is 2.26. The summed E-state index contributed by atoms with van der Waals surface area (Å²) < 4.78 is 18.5. The zero-order valence-electron chi connectivity index (χ0n) is 9.14. The summed E-state index contributed by atoms with van der Waals surface area (Å²) >= 11 is 7.57. The maximum absolute atomic E-state index is 13.8. The van der Waals surface area contributed by atoms with Crippen LogP contribution in [0.2, 0.25) is 5.02 Å². The highest BCUT2D eigenvalue weighted by Crippen LogP contribution is 2.28. The Hall–Kier alpha value is -0.690. The van der Waals surface area contributed by atoms with Crippen molar-refractivity contribution in [2.24, 2.45) is 0 Å². The van der Waals surface area contributed by atoms with E-state index in [1.54, 1.807) is 36.4 Å². The largest absolute Gasteiger partial charge is 0.460 e. The van der Waals surface area contributed by atoms with Crippen molar-refractivity contribution in [3.63, 3.8) is 0 Å². The molecule has 0 amide bonds. The summed E-state index contributed by atoms with van der Waals surface area (Å²) in [4.78, 5) is 22.9. The van der Waals surface area contributed by atoms with Crippen molar-refractivity contribution in [3.05, 3.63) is 31.6 Å². The van der Waals surface area contributed by atoms with Gasteiger partial charge in [-0.25, -0.2) is 9.18 Å². The molecule has 1 aromatic rings. The molecule has 0 saturated carbocycles. The number of carbonyl (C=O) groups is 2. The first kappa shape index (κ1) is 14.4. The lowest BCUT2D eigenvalue weighted by Crippen LogP contribution is -2.20. The lowest BCUT2D eigenvalue weighted by atomic mass is 10.1. The first-order valence-electron chi connectivity index (χ1n) is 4.75. The van der Waals surface area contributed by atoms with E-state index in [1.165, 1.54) is 6.07 Å². The van der Waals surface area contributed by atoms with Gasteiger partial charge in [-0.15, -0.1) is 0 Å². The summed E-state index contributed by atoms with van der Waals surface area (Å²) in [6, 6.07) is 1.50. The fraction of sp³-hybridized carbons (Fsp3) is 0.273. The first-order valence-corrected chi connectivity index (χ1v) is 6.21.